The van der Waals surface area contributed by atoms with Gasteiger partial charge in [-0.1, -0.05) is 0 Å². The summed E-state index contributed by atoms with van der Waals surface area (Å²) in [6, 6.07) is 2.42. The molecule has 0 bridgehead atoms. The lowest BCUT2D eigenvalue weighted by molar-refractivity contribution is 0.0693. The number of aromatic carboxylic acids is 1. The Morgan fingerprint density at radius 3 is 2.71 bits per heavy atom. The van der Waals surface area contributed by atoms with Crippen molar-refractivity contribution in [3.05, 3.63) is 17.7 Å². The predicted molar refractivity (Wildman–Crippen MR) is 54.2 cm³/mol. The molecular formula is C9H7NO3S. The molecule has 1 aromatic carbocycles. The molecule has 0 radical (unpaired) electrons. The van der Waals surface area contributed by atoms with Crippen LogP contribution in [0, 0.1) is 11.7 Å². The van der Waals surface area contributed by atoms with Crippen LogP contribution in [-0.4, -0.2) is 16.2 Å². The number of aromatic hydroxyl groups is 1. The van der Waals surface area contributed by atoms with Gasteiger partial charge in [0, 0.05) is 16.6 Å². The smallest absolute Gasteiger partial charge is 0.339 e. The van der Waals surface area contributed by atoms with E-state index in [4.69, 9.17) is 17.3 Å². The molecule has 0 fully saturated rings. The van der Waals surface area contributed by atoms with Crippen LogP contribution in [0.2, 0.25) is 0 Å². The third kappa shape index (κ3) is 1.92. The number of benzene rings is 1. The number of hydrogen-bond acceptors (Lipinski definition) is 4. The van der Waals surface area contributed by atoms with E-state index in [9.17, 15) is 9.90 Å². The lowest BCUT2D eigenvalue weighted by Crippen LogP contribution is -1.99. The van der Waals surface area contributed by atoms with E-state index in [1.807, 2.05) is 0 Å². The molecular weight excluding hydrogens is 202 g/mol. The van der Waals surface area contributed by atoms with Crippen LogP contribution in [0.25, 0.3) is 0 Å². The SMILES string of the molecule is C#CSc1cc(C(=O)O)c(O)cc1N. The maximum absolute atomic E-state index is 10.6. The highest BCUT2D eigenvalue weighted by Crippen LogP contribution is 2.30. The molecule has 0 saturated carbocycles. The number of anilines is 1. The summed E-state index contributed by atoms with van der Waals surface area (Å²) in [5, 5.41) is 20.2. The van der Waals surface area contributed by atoms with Crippen molar-refractivity contribution in [3.63, 3.8) is 0 Å². The van der Waals surface area contributed by atoms with Gasteiger partial charge in [-0.3, -0.25) is 0 Å². The van der Waals surface area contributed by atoms with Crippen LogP contribution in [0.15, 0.2) is 17.0 Å². The summed E-state index contributed by atoms with van der Waals surface area (Å²) in [6.07, 6.45) is 5.04. The third-order valence-electron chi connectivity index (χ3n) is 1.53. The van der Waals surface area contributed by atoms with Gasteiger partial charge < -0.3 is 15.9 Å². The van der Waals surface area contributed by atoms with Crippen molar-refractivity contribution >= 4 is 23.4 Å². The Labute approximate surface area is 84.7 Å². The van der Waals surface area contributed by atoms with Gasteiger partial charge in [-0.05, 0) is 23.1 Å². The van der Waals surface area contributed by atoms with Crippen molar-refractivity contribution in [2.45, 2.75) is 4.90 Å². The fraction of sp³-hybridized carbons (Fsp3) is 0. The molecule has 0 unspecified atom stereocenters. The summed E-state index contributed by atoms with van der Waals surface area (Å²) in [6.45, 7) is 0. The second-order valence-electron chi connectivity index (χ2n) is 2.43. The third-order valence-corrected chi connectivity index (χ3v) is 2.22. The first-order chi connectivity index (χ1) is 6.56. The highest BCUT2D eigenvalue weighted by Gasteiger charge is 2.12. The average Bonchev–Trinajstić information content (AvgIpc) is 2.09. The Balaban J connectivity index is 3.28. The Kier molecular flexibility index (Phi) is 2.89. The van der Waals surface area contributed by atoms with Gasteiger partial charge in [0.25, 0.3) is 0 Å². The molecule has 4 N–H and O–H groups in total. The monoisotopic (exact) mass is 209 g/mol. The quantitative estimate of drug-likeness (QED) is 0.389. The lowest BCUT2D eigenvalue weighted by Gasteiger charge is -2.04. The van der Waals surface area contributed by atoms with Crippen LogP contribution in [0.4, 0.5) is 5.69 Å². The van der Waals surface area contributed by atoms with E-state index in [2.05, 4.69) is 5.25 Å². The minimum Gasteiger partial charge on any atom is -0.507 e. The zero-order valence-corrected chi connectivity index (χ0v) is 7.84. The Morgan fingerprint density at radius 2 is 2.21 bits per heavy atom. The second-order valence-corrected chi connectivity index (χ2v) is 3.31. The van der Waals surface area contributed by atoms with E-state index in [0.717, 1.165) is 11.8 Å². The summed E-state index contributed by atoms with van der Waals surface area (Å²) < 4.78 is 0. The molecule has 14 heavy (non-hydrogen) atoms. The highest BCUT2D eigenvalue weighted by molar-refractivity contribution is 8.04. The van der Waals surface area contributed by atoms with Crippen molar-refractivity contribution < 1.29 is 15.0 Å². The van der Waals surface area contributed by atoms with Crippen molar-refractivity contribution in [2.24, 2.45) is 0 Å². The van der Waals surface area contributed by atoms with Gasteiger partial charge in [0.05, 0.1) is 0 Å². The molecule has 0 spiro atoms. The standard InChI is InChI=1S/C9H7NO3S/c1-2-14-8-3-5(9(12)13)7(11)4-6(8)10/h1,3-4,11H,10H2,(H,12,13). The molecule has 0 heterocycles. The van der Waals surface area contributed by atoms with E-state index in [0.29, 0.717) is 4.90 Å². The van der Waals surface area contributed by atoms with Gasteiger partial charge in [0.1, 0.15) is 11.3 Å². The molecule has 1 aromatic rings. The van der Waals surface area contributed by atoms with Crippen LogP contribution in [0.5, 0.6) is 5.75 Å². The van der Waals surface area contributed by atoms with Crippen LogP contribution < -0.4 is 5.73 Å². The molecule has 0 aliphatic carbocycles. The maximum Gasteiger partial charge on any atom is 0.339 e. The number of thioether (sulfide) groups is 1. The fourth-order valence-corrected chi connectivity index (χ4v) is 1.39. The summed E-state index contributed by atoms with van der Waals surface area (Å²) >= 11 is 0.971. The Hall–Kier alpha value is -1.80. The Morgan fingerprint density at radius 1 is 1.57 bits per heavy atom. The summed E-state index contributed by atoms with van der Waals surface area (Å²) in [5.41, 5.74) is 5.56. The minimum atomic E-state index is -1.22. The van der Waals surface area contributed by atoms with Crippen LogP contribution >= 0.6 is 11.8 Å². The van der Waals surface area contributed by atoms with E-state index >= 15 is 0 Å². The minimum absolute atomic E-state index is 0.211. The molecule has 72 valence electrons. The zero-order chi connectivity index (χ0) is 10.7. The Bertz CT molecular complexity index is 423. The molecule has 0 amide bonds. The molecule has 4 nitrogen and oxygen atoms in total. The van der Waals surface area contributed by atoms with E-state index in [1.54, 1.807) is 0 Å². The van der Waals surface area contributed by atoms with Gasteiger partial charge in [-0.2, -0.15) is 0 Å². The van der Waals surface area contributed by atoms with Crippen LogP contribution in [0.3, 0.4) is 0 Å². The normalized spacial score (nSPS) is 9.36. The second kappa shape index (κ2) is 3.94. The topological polar surface area (TPSA) is 83.5 Å². The fourth-order valence-electron chi connectivity index (χ4n) is 0.908. The number of terminal acetylenes is 1. The molecule has 0 aliphatic rings. The van der Waals surface area contributed by atoms with Gasteiger partial charge in [-0.25, -0.2) is 4.79 Å². The van der Waals surface area contributed by atoms with Gasteiger partial charge in [-0.15, -0.1) is 6.42 Å². The van der Waals surface area contributed by atoms with E-state index < -0.39 is 5.97 Å². The molecule has 0 aromatic heterocycles. The molecule has 5 heteroatoms. The molecule has 0 aliphatic heterocycles. The number of nitrogens with two attached hydrogens (primary N) is 1. The first-order valence-electron chi connectivity index (χ1n) is 3.54. The first kappa shape index (κ1) is 10.3. The van der Waals surface area contributed by atoms with Gasteiger partial charge in [0.15, 0.2) is 0 Å². The van der Waals surface area contributed by atoms with Crippen molar-refractivity contribution in [1.82, 2.24) is 0 Å². The van der Waals surface area contributed by atoms with Crippen LogP contribution in [-0.2, 0) is 0 Å². The van der Waals surface area contributed by atoms with Crippen molar-refractivity contribution in [1.29, 1.82) is 0 Å². The summed E-state index contributed by atoms with van der Waals surface area (Å²) in [7, 11) is 0. The van der Waals surface area contributed by atoms with Crippen LogP contribution in [0.1, 0.15) is 10.4 Å². The zero-order valence-electron chi connectivity index (χ0n) is 7.02. The average molecular weight is 209 g/mol. The summed E-state index contributed by atoms with van der Waals surface area (Å²) in [5.74, 6) is -1.59. The predicted octanol–water partition coefficient (Wildman–Crippen LogP) is 1.36. The van der Waals surface area contributed by atoms with E-state index in [1.165, 1.54) is 12.1 Å². The number of nitrogen functional groups attached to an aromatic ring is 1. The van der Waals surface area contributed by atoms with E-state index in [-0.39, 0.29) is 17.0 Å². The van der Waals surface area contributed by atoms with Crippen molar-refractivity contribution in [2.75, 3.05) is 5.73 Å². The molecule has 0 atom stereocenters. The first-order valence-corrected chi connectivity index (χ1v) is 4.36. The molecule has 1 rings (SSSR count). The van der Waals surface area contributed by atoms with Gasteiger partial charge >= 0.3 is 5.97 Å². The largest absolute Gasteiger partial charge is 0.507 e. The van der Waals surface area contributed by atoms with Crippen molar-refractivity contribution in [3.8, 4) is 17.4 Å². The molecule has 0 saturated heterocycles. The lowest BCUT2D eigenvalue weighted by atomic mass is 10.2. The number of phenols is 1. The number of carboxylic acids is 1. The number of hydrogen-bond donors (Lipinski definition) is 3. The highest BCUT2D eigenvalue weighted by atomic mass is 32.2. The summed E-state index contributed by atoms with van der Waals surface area (Å²) in [4.78, 5) is 11.1. The number of carbonyl (C=O) groups is 1. The number of carboxylic acid groups (broad SMARTS) is 1. The number of rotatable bonds is 2. The van der Waals surface area contributed by atoms with Gasteiger partial charge in [0.2, 0.25) is 0 Å². The maximum atomic E-state index is 10.6.